The van der Waals surface area contributed by atoms with Crippen LogP contribution >= 0.6 is 0 Å². The average molecular weight is 176 g/mol. The largest absolute Gasteiger partial charge is 0.493 e. The average Bonchev–Trinajstić information content (AvgIpc) is 2.12. The zero-order chi connectivity index (χ0) is 9.42. The summed E-state index contributed by atoms with van der Waals surface area (Å²) in [6, 6.07) is 4.40. The van der Waals surface area contributed by atoms with Crippen LogP contribution in [-0.2, 0) is 0 Å². The molecular formula is C12H16O. The highest BCUT2D eigenvalue weighted by atomic mass is 16.5. The van der Waals surface area contributed by atoms with Crippen LogP contribution in [0, 0.1) is 13.8 Å². The van der Waals surface area contributed by atoms with Crippen molar-refractivity contribution in [3.8, 4) is 5.75 Å². The topological polar surface area (TPSA) is 9.23 Å². The fraction of sp³-hybridized carbons (Fsp3) is 0.500. The minimum Gasteiger partial charge on any atom is -0.493 e. The molecule has 0 bridgehead atoms. The van der Waals surface area contributed by atoms with Crippen molar-refractivity contribution in [2.75, 3.05) is 6.61 Å². The number of hydrogen-bond acceptors (Lipinski definition) is 1. The SMILES string of the molecule is Cc1ccc2c(c1C)OCCC2C. The normalized spacial score (nSPS) is 20.7. The van der Waals surface area contributed by atoms with E-state index in [0.29, 0.717) is 5.92 Å². The summed E-state index contributed by atoms with van der Waals surface area (Å²) in [6.07, 6.45) is 1.15. The lowest BCUT2D eigenvalue weighted by atomic mass is 9.91. The van der Waals surface area contributed by atoms with Crippen molar-refractivity contribution >= 4 is 0 Å². The molecule has 13 heavy (non-hydrogen) atoms. The van der Waals surface area contributed by atoms with Gasteiger partial charge in [0.2, 0.25) is 0 Å². The molecule has 1 nitrogen and oxygen atoms in total. The Morgan fingerprint density at radius 2 is 2.08 bits per heavy atom. The lowest BCUT2D eigenvalue weighted by Gasteiger charge is -2.25. The maximum absolute atomic E-state index is 5.71. The maximum Gasteiger partial charge on any atom is 0.125 e. The first kappa shape index (κ1) is 8.61. The molecule has 70 valence electrons. The Hall–Kier alpha value is -0.980. The van der Waals surface area contributed by atoms with E-state index in [4.69, 9.17) is 4.74 Å². The Morgan fingerprint density at radius 1 is 1.31 bits per heavy atom. The van der Waals surface area contributed by atoms with Crippen LogP contribution in [0.25, 0.3) is 0 Å². The summed E-state index contributed by atoms with van der Waals surface area (Å²) in [5, 5.41) is 0. The van der Waals surface area contributed by atoms with Crippen LogP contribution in [0.3, 0.4) is 0 Å². The minimum absolute atomic E-state index is 0.656. The number of aryl methyl sites for hydroxylation is 1. The van der Waals surface area contributed by atoms with Crippen molar-refractivity contribution in [2.24, 2.45) is 0 Å². The molecule has 1 unspecified atom stereocenters. The van der Waals surface area contributed by atoms with E-state index in [9.17, 15) is 0 Å². The molecule has 0 spiro atoms. The summed E-state index contributed by atoms with van der Waals surface area (Å²) < 4.78 is 5.71. The zero-order valence-electron chi connectivity index (χ0n) is 8.55. The van der Waals surface area contributed by atoms with E-state index in [1.165, 1.54) is 16.7 Å². The van der Waals surface area contributed by atoms with Crippen LogP contribution in [0.1, 0.15) is 36.0 Å². The van der Waals surface area contributed by atoms with E-state index in [2.05, 4.69) is 32.9 Å². The van der Waals surface area contributed by atoms with Gasteiger partial charge in [-0.3, -0.25) is 0 Å². The second kappa shape index (κ2) is 3.06. The summed E-state index contributed by atoms with van der Waals surface area (Å²) in [4.78, 5) is 0. The fourth-order valence-electron chi connectivity index (χ4n) is 1.88. The van der Waals surface area contributed by atoms with Crippen molar-refractivity contribution in [1.82, 2.24) is 0 Å². The summed E-state index contributed by atoms with van der Waals surface area (Å²) >= 11 is 0. The minimum atomic E-state index is 0.656. The van der Waals surface area contributed by atoms with Gasteiger partial charge in [-0.1, -0.05) is 19.1 Å². The molecule has 0 aromatic heterocycles. The van der Waals surface area contributed by atoms with Crippen molar-refractivity contribution < 1.29 is 4.74 Å². The van der Waals surface area contributed by atoms with E-state index in [1.54, 1.807) is 0 Å². The van der Waals surface area contributed by atoms with Crippen LogP contribution in [0.2, 0.25) is 0 Å². The molecule has 1 aromatic carbocycles. The van der Waals surface area contributed by atoms with Gasteiger partial charge >= 0.3 is 0 Å². The number of rotatable bonds is 0. The first-order chi connectivity index (χ1) is 6.20. The zero-order valence-corrected chi connectivity index (χ0v) is 8.55. The Bertz CT molecular complexity index is 328. The van der Waals surface area contributed by atoms with E-state index in [-0.39, 0.29) is 0 Å². The third kappa shape index (κ3) is 1.32. The first-order valence-corrected chi connectivity index (χ1v) is 4.93. The molecule has 1 heterocycles. The molecule has 1 heteroatoms. The monoisotopic (exact) mass is 176 g/mol. The molecule has 0 saturated heterocycles. The van der Waals surface area contributed by atoms with Crippen molar-refractivity contribution in [2.45, 2.75) is 33.1 Å². The van der Waals surface area contributed by atoms with Gasteiger partial charge in [-0.15, -0.1) is 0 Å². The van der Waals surface area contributed by atoms with Gasteiger partial charge in [0.25, 0.3) is 0 Å². The summed E-state index contributed by atoms with van der Waals surface area (Å²) in [6.45, 7) is 7.43. The maximum atomic E-state index is 5.71. The molecule has 0 fully saturated rings. The van der Waals surface area contributed by atoms with Crippen LogP contribution < -0.4 is 4.74 Å². The van der Waals surface area contributed by atoms with Gasteiger partial charge in [0, 0.05) is 0 Å². The predicted molar refractivity (Wildman–Crippen MR) is 54.4 cm³/mol. The summed E-state index contributed by atoms with van der Waals surface area (Å²) in [7, 11) is 0. The first-order valence-electron chi connectivity index (χ1n) is 4.93. The Labute approximate surface area is 79.7 Å². The molecule has 2 rings (SSSR count). The molecule has 0 amide bonds. The highest BCUT2D eigenvalue weighted by Crippen LogP contribution is 2.36. The molecule has 1 aliphatic heterocycles. The summed E-state index contributed by atoms with van der Waals surface area (Å²) in [5.41, 5.74) is 4.02. The second-order valence-electron chi connectivity index (χ2n) is 3.96. The van der Waals surface area contributed by atoms with Crippen LogP contribution in [0.15, 0.2) is 12.1 Å². The standard InChI is InChI=1S/C12H16O/c1-8-4-5-11-9(2)6-7-13-12(11)10(8)3/h4-5,9H,6-7H2,1-3H3. The number of ether oxygens (including phenoxy) is 1. The number of benzene rings is 1. The second-order valence-corrected chi connectivity index (χ2v) is 3.96. The van der Waals surface area contributed by atoms with Crippen LogP contribution in [0.5, 0.6) is 5.75 Å². The molecule has 1 aromatic rings. The quantitative estimate of drug-likeness (QED) is 0.590. The van der Waals surface area contributed by atoms with E-state index in [0.717, 1.165) is 18.8 Å². The Balaban J connectivity index is 2.56. The number of fused-ring (bicyclic) bond motifs is 1. The lowest BCUT2D eigenvalue weighted by Crippen LogP contribution is -2.13. The van der Waals surface area contributed by atoms with Gasteiger partial charge < -0.3 is 4.74 Å². The third-order valence-electron chi connectivity index (χ3n) is 3.04. The molecule has 0 radical (unpaired) electrons. The van der Waals surface area contributed by atoms with E-state index >= 15 is 0 Å². The highest BCUT2D eigenvalue weighted by Gasteiger charge is 2.19. The highest BCUT2D eigenvalue weighted by molar-refractivity contribution is 5.47. The lowest BCUT2D eigenvalue weighted by molar-refractivity contribution is 0.270. The summed E-state index contributed by atoms with van der Waals surface area (Å²) in [5.74, 6) is 1.79. The Morgan fingerprint density at radius 3 is 2.85 bits per heavy atom. The van der Waals surface area contributed by atoms with Crippen LogP contribution in [0.4, 0.5) is 0 Å². The molecule has 0 saturated carbocycles. The van der Waals surface area contributed by atoms with E-state index < -0.39 is 0 Å². The Kier molecular flexibility index (Phi) is 2.03. The smallest absolute Gasteiger partial charge is 0.125 e. The predicted octanol–water partition coefficient (Wildman–Crippen LogP) is 3.19. The van der Waals surface area contributed by atoms with Gasteiger partial charge in [0.1, 0.15) is 5.75 Å². The number of hydrogen-bond donors (Lipinski definition) is 0. The van der Waals surface area contributed by atoms with Gasteiger partial charge in [-0.25, -0.2) is 0 Å². The van der Waals surface area contributed by atoms with Gasteiger partial charge in [-0.2, -0.15) is 0 Å². The third-order valence-corrected chi connectivity index (χ3v) is 3.04. The molecule has 1 aliphatic rings. The van der Waals surface area contributed by atoms with Crippen LogP contribution in [-0.4, -0.2) is 6.61 Å². The van der Waals surface area contributed by atoms with E-state index in [1.807, 2.05) is 0 Å². The molecular weight excluding hydrogens is 160 g/mol. The van der Waals surface area contributed by atoms with Gasteiger partial charge in [0.15, 0.2) is 0 Å². The van der Waals surface area contributed by atoms with Crippen molar-refractivity contribution in [3.05, 3.63) is 28.8 Å². The van der Waals surface area contributed by atoms with Gasteiger partial charge in [-0.05, 0) is 42.9 Å². The van der Waals surface area contributed by atoms with Gasteiger partial charge in [0.05, 0.1) is 6.61 Å². The van der Waals surface area contributed by atoms with Crippen molar-refractivity contribution in [3.63, 3.8) is 0 Å². The molecule has 0 aliphatic carbocycles. The molecule has 1 atom stereocenters. The van der Waals surface area contributed by atoms with Crippen molar-refractivity contribution in [1.29, 1.82) is 0 Å². The molecule has 0 N–H and O–H groups in total. The fourth-order valence-corrected chi connectivity index (χ4v) is 1.88.